The Labute approximate surface area is 222 Å². The molecule has 0 bridgehead atoms. The van der Waals surface area contributed by atoms with Gasteiger partial charge in [-0.2, -0.15) is 0 Å². The average molecular weight is 561 g/mol. The van der Waals surface area contributed by atoms with E-state index >= 15 is 0 Å². The minimum absolute atomic E-state index is 0.00772. The third-order valence-corrected chi connectivity index (χ3v) is 7.25. The fraction of sp³-hybridized carbons (Fsp3) is 0.417. The quantitative estimate of drug-likeness (QED) is 0.425. The van der Waals surface area contributed by atoms with E-state index in [1.54, 1.807) is 31.2 Å². The highest BCUT2D eigenvalue weighted by atomic mass is 35.5. The highest BCUT2D eigenvalue weighted by Gasteiger charge is 2.31. The van der Waals surface area contributed by atoms with Crippen molar-refractivity contribution in [1.82, 2.24) is 10.2 Å². The molecule has 0 spiro atoms. The maximum atomic E-state index is 13.6. The fourth-order valence-corrected chi connectivity index (χ4v) is 4.57. The zero-order chi connectivity index (χ0) is 27.0. The number of nitrogens with zero attached hydrogens (tertiary/aromatic N) is 2. The predicted molar refractivity (Wildman–Crippen MR) is 142 cm³/mol. The summed E-state index contributed by atoms with van der Waals surface area (Å²) in [4.78, 5) is 27.7. The largest absolute Gasteiger partial charge is 0.497 e. The van der Waals surface area contributed by atoms with E-state index in [2.05, 4.69) is 5.32 Å². The van der Waals surface area contributed by atoms with Gasteiger partial charge in [-0.15, -0.1) is 0 Å². The molecular weight excluding hydrogens is 529 g/mol. The Morgan fingerprint density at radius 2 is 1.75 bits per heavy atom. The second-order valence-corrected chi connectivity index (χ2v) is 10.8. The number of rotatable bonds is 12. The summed E-state index contributed by atoms with van der Waals surface area (Å²) in [7, 11) is -1.06. The molecule has 1 N–H and O–H groups in total. The minimum atomic E-state index is -3.92. The van der Waals surface area contributed by atoms with Crippen LogP contribution in [0.4, 0.5) is 5.69 Å². The topological polar surface area (TPSA) is 105 Å². The molecule has 0 saturated carbocycles. The smallest absolute Gasteiger partial charge is 0.244 e. The maximum Gasteiger partial charge on any atom is 0.244 e. The van der Waals surface area contributed by atoms with Crippen molar-refractivity contribution in [2.24, 2.45) is 0 Å². The van der Waals surface area contributed by atoms with Gasteiger partial charge in [-0.1, -0.05) is 36.2 Å². The molecular formula is C24H31Cl2N3O6S. The van der Waals surface area contributed by atoms with Crippen molar-refractivity contribution in [2.45, 2.75) is 32.9 Å². The van der Waals surface area contributed by atoms with Crippen LogP contribution in [0, 0.1) is 0 Å². The number of anilines is 1. The van der Waals surface area contributed by atoms with Crippen molar-refractivity contribution >= 4 is 50.7 Å². The molecule has 0 aliphatic heterocycles. The van der Waals surface area contributed by atoms with E-state index in [4.69, 9.17) is 32.7 Å². The monoisotopic (exact) mass is 559 g/mol. The second-order valence-electron chi connectivity index (χ2n) is 8.04. The molecule has 12 heteroatoms. The third-order valence-electron chi connectivity index (χ3n) is 5.39. The lowest BCUT2D eigenvalue weighted by atomic mass is 10.1. The van der Waals surface area contributed by atoms with Gasteiger partial charge in [-0.25, -0.2) is 8.42 Å². The van der Waals surface area contributed by atoms with Crippen LogP contribution in [0.5, 0.6) is 11.5 Å². The van der Waals surface area contributed by atoms with Crippen molar-refractivity contribution in [1.29, 1.82) is 0 Å². The van der Waals surface area contributed by atoms with Crippen LogP contribution >= 0.6 is 23.2 Å². The number of nitrogens with one attached hydrogen (secondary N) is 1. The van der Waals surface area contributed by atoms with E-state index in [-0.39, 0.29) is 23.9 Å². The first kappa shape index (κ1) is 29.5. The number of ether oxygens (including phenoxy) is 2. The standard InChI is InChI=1S/C24H31Cl2N3O6S/c1-6-11-27-24(31)16(2)28(14-17-7-9-19(25)20(26)12-17)23(30)15-29(36(5,32)33)21-10-8-18(34-3)13-22(21)35-4/h7-10,12-13,16H,6,11,14-15H2,1-5H3,(H,27,31)/t16-/m1/s1. The highest BCUT2D eigenvalue weighted by Crippen LogP contribution is 2.34. The first-order valence-electron chi connectivity index (χ1n) is 11.1. The second kappa shape index (κ2) is 13.0. The van der Waals surface area contributed by atoms with E-state index < -0.39 is 28.5 Å². The van der Waals surface area contributed by atoms with Crippen molar-refractivity contribution in [2.75, 3.05) is 37.9 Å². The van der Waals surface area contributed by atoms with Gasteiger partial charge in [-0.3, -0.25) is 13.9 Å². The molecule has 1 atom stereocenters. The number of methoxy groups -OCH3 is 2. The minimum Gasteiger partial charge on any atom is -0.497 e. The predicted octanol–water partition coefficient (Wildman–Crippen LogP) is 3.72. The Bertz CT molecular complexity index is 1190. The first-order chi connectivity index (χ1) is 16.9. The van der Waals surface area contributed by atoms with Gasteiger partial charge >= 0.3 is 0 Å². The van der Waals surface area contributed by atoms with Crippen LogP contribution in [0.1, 0.15) is 25.8 Å². The summed E-state index contributed by atoms with van der Waals surface area (Å²) >= 11 is 12.2. The number of hydrogen-bond donors (Lipinski definition) is 1. The highest BCUT2D eigenvalue weighted by molar-refractivity contribution is 7.92. The van der Waals surface area contributed by atoms with Crippen LogP contribution < -0.4 is 19.1 Å². The van der Waals surface area contributed by atoms with Crippen molar-refractivity contribution in [3.05, 3.63) is 52.0 Å². The molecule has 0 aliphatic carbocycles. The Hall–Kier alpha value is -2.69. The van der Waals surface area contributed by atoms with Crippen LogP contribution in [0.2, 0.25) is 10.0 Å². The molecule has 0 radical (unpaired) electrons. The molecule has 2 aromatic rings. The molecule has 9 nitrogen and oxygen atoms in total. The van der Waals surface area contributed by atoms with Crippen LogP contribution in [0.25, 0.3) is 0 Å². The Morgan fingerprint density at radius 3 is 2.31 bits per heavy atom. The van der Waals surface area contributed by atoms with Crippen LogP contribution in [-0.2, 0) is 26.2 Å². The summed E-state index contributed by atoms with van der Waals surface area (Å²) in [5.74, 6) is -0.295. The number of carbonyl (C=O) groups is 2. The van der Waals surface area contributed by atoms with Crippen LogP contribution in [-0.4, -0.2) is 64.7 Å². The molecule has 0 aliphatic rings. The fourth-order valence-electron chi connectivity index (χ4n) is 3.40. The van der Waals surface area contributed by atoms with Crippen LogP contribution in [0.3, 0.4) is 0 Å². The molecule has 198 valence electrons. The van der Waals surface area contributed by atoms with E-state index in [1.165, 1.54) is 31.3 Å². The van der Waals surface area contributed by atoms with E-state index in [0.717, 1.165) is 17.0 Å². The molecule has 0 unspecified atom stereocenters. The maximum absolute atomic E-state index is 13.6. The van der Waals surface area contributed by atoms with Gasteiger partial charge in [0.2, 0.25) is 21.8 Å². The van der Waals surface area contributed by atoms with Crippen molar-refractivity contribution < 1.29 is 27.5 Å². The molecule has 36 heavy (non-hydrogen) atoms. The van der Waals surface area contributed by atoms with Gasteiger partial charge in [0.15, 0.2) is 0 Å². The lowest BCUT2D eigenvalue weighted by molar-refractivity contribution is -0.139. The average Bonchev–Trinajstić information content (AvgIpc) is 2.84. The first-order valence-corrected chi connectivity index (χ1v) is 13.7. The Morgan fingerprint density at radius 1 is 1.06 bits per heavy atom. The van der Waals surface area contributed by atoms with E-state index in [9.17, 15) is 18.0 Å². The molecule has 2 amide bonds. The summed E-state index contributed by atoms with van der Waals surface area (Å²) < 4.78 is 37.0. The van der Waals surface area contributed by atoms with Gasteiger partial charge < -0.3 is 19.7 Å². The molecule has 0 fully saturated rings. The number of halogens is 2. The lowest BCUT2D eigenvalue weighted by Crippen LogP contribution is -2.51. The number of amides is 2. The summed E-state index contributed by atoms with van der Waals surface area (Å²) in [6, 6.07) is 8.56. The van der Waals surface area contributed by atoms with Crippen LogP contribution in [0.15, 0.2) is 36.4 Å². The Kier molecular flexibility index (Phi) is 10.7. The van der Waals surface area contributed by atoms with E-state index in [0.29, 0.717) is 27.9 Å². The third kappa shape index (κ3) is 7.65. The van der Waals surface area contributed by atoms with Crippen molar-refractivity contribution in [3.8, 4) is 11.5 Å². The number of benzene rings is 2. The number of carbonyl (C=O) groups excluding carboxylic acids is 2. The summed E-state index contributed by atoms with van der Waals surface area (Å²) in [5, 5.41) is 3.42. The lowest BCUT2D eigenvalue weighted by Gasteiger charge is -2.32. The number of hydrogen-bond acceptors (Lipinski definition) is 6. The normalized spacial score (nSPS) is 12.0. The Balaban J connectivity index is 2.46. The molecule has 0 heterocycles. The van der Waals surface area contributed by atoms with Crippen molar-refractivity contribution in [3.63, 3.8) is 0 Å². The zero-order valence-corrected chi connectivity index (χ0v) is 23.2. The molecule has 0 aromatic heterocycles. The molecule has 2 aromatic carbocycles. The van der Waals surface area contributed by atoms with Gasteiger partial charge in [0, 0.05) is 19.2 Å². The van der Waals surface area contributed by atoms with Gasteiger partial charge in [0.25, 0.3) is 0 Å². The molecule has 2 rings (SSSR count). The van der Waals surface area contributed by atoms with E-state index in [1.807, 2.05) is 6.92 Å². The zero-order valence-electron chi connectivity index (χ0n) is 20.9. The van der Waals surface area contributed by atoms with Gasteiger partial charge in [-0.05, 0) is 43.2 Å². The molecule has 0 saturated heterocycles. The SMILES string of the molecule is CCCNC(=O)[C@@H](C)N(Cc1ccc(Cl)c(Cl)c1)C(=O)CN(c1ccc(OC)cc1OC)S(C)(=O)=O. The summed E-state index contributed by atoms with van der Waals surface area (Å²) in [6.07, 6.45) is 1.71. The van der Waals surface area contributed by atoms with Gasteiger partial charge in [0.05, 0.1) is 36.2 Å². The summed E-state index contributed by atoms with van der Waals surface area (Å²) in [5.41, 5.74) is 0.785. The van der Waals surface area contributed by atoms with Gasteiger partial charge in [0.1, 0.15) is 24.1 Å². The summed E-state index contributed by atoms with van der Waals surface area (Å²) in [6.45, 7) is 3.38. The number of sulfonamides is 1.